The van der Waals surface area contributed by atoms with E-state index in [9.17, 15) is 9.59 Å². The Hall–Kier alpha value is -2.76. The van der Waals surface area contributed by atoms with Crippen molar-refractivity contribution in [1.29, 1.82) is 0 Å². The molecule has 0 saturated heterocycles. The zero-order chi connectivity index (χ0) is 20.0. The van der Waals surface area contributed by atoms with Gasteiger partial charge in [-0.15, -0.1) is 0 Å². The highest BCUT2D eigenvalue weighted by molar-refractivity contribution is 5.88. The number of benzene rings is 1. The molecule has 1 aromatic heterocycles. The molecule has 2 aromatic rings. The van der Waals surface area contributed by atoms with E-state index >= 15 is 0 Å². The summed E-state index contributed by atoms with van der Waals surface area (Å²) in [6.07, 6.45) is 4.90. The number of carbonyl (C=O) groups excluding carboxylic acids is 2. The first kappa shape index (κ1) is 20.0. The molecule has 1 amide bonds. The van der Waals surface area contributed by atoms with Crippen molar-refractivity contribution in [3.05, 3.63) is 42.2 Å². The van der Waals surface area contributed by atoms with E-state index in [2.05, 4.69) is 5.32 Å². The molecule has 150 valence electrons. The molecule has 6 heteroatoms. The van der Waals surface area contributed by atoms with Gasteiger partial charge in [0.05, 0.1) is 14.2 Å². The summed E-state index contributed by atoms with van der Waals surface area (Å²) in [5, 5.41) is 2.94. The Morgan fingerprint density at radius 3 is 2.39 bits per heavy atom. The van der Waals surface area contributed by atoms with Crippen LogP contribution in [-0.2, 0) is 20.7 Å². The summed E-state index contributed by atoms with van der Waals surface area (Å²) in [4.78, 5) is 24.7. The summed E-state index contributed by atoms with van der Waals surface area (Å²) in [7, 11) is 3.00. The molecule has 0 bridgehead atoms. The maximum Gasteiger partial charge on any atom is 0.331 e. The highest BCUT2D eigenvalue weighted by Gasteiger charge is 2.41. The minimum Gasteiger partial charge on any atom is -0.497 e. The van der Waals surface area contributed by atoms with E-state index in [1.54, 1.807) is 7.11 Å². The van der Waals surface area contributed by atoms with Gasteiger partial charge in [-0.05, 0) is 49.2 Å². The first-order valence-electron chi connectivity index (χ1n) is 9.69. The molecule has 0 unspecified atom stereocenters. The molecule has 1 fully saturated rings. The number of nitrogens with one attached hydrogen (secondary N) is 1. The zero-order valence-corrected chi connectivity index (χ0v) is 16.5. The standard InChI is InChI=1S/C22H27NO5/c1-26-17-8-6-16(7-9-17)19-12-10-18(28-19)11-13-20(24)23-22(21(25)27-2)14-4-3-5-15-22/h6-10,12H,3-5,11,13-15H2,1-2H3,(H,23,24). The van der Waals surface area contributed by atoms with Gasteiger partial charge in [0.25, 0.3) is 0 Å². The number of amides is 1. The summed E-state index contributed by atoms with van der Waals surface area (Å²) >= 11 is 0. The molecule has 1 N–H and O–H groups in total. The summed E-state index contributed by atoms with van der Waals surface area (Å²) in [6.45, 7) is 0. The van der Waals surface area contributed by atoms with Crippen LogP contribution in [-0.4, -0.2) is 31.6 Å². The molecule has 0 aliphatic heterocycles. The molecule has 6 nitrogen and oxygen atoms in total. The van der Waals surface area contributed by atoms with Gasteiger partial charge in [0.15, 0.2) is 0 Å². The lowest BCUT2D eigenvalue weighted by atomic mass is 9.81. The largest absolute Gasteiger partial charge is 0.497 e. The highest BCUT2D eigenvalue weighted by atomic mass is 16.5. The van der Waals surface area contributed by atoms with Crippen LogP contribution in [0.25, 0.3) is 11.3 Å². The first-order chi connectivity index (χ1) is 13.6. The summed E-state index contributed by atoms with van der Waals surface area (Å²) in [6, 6.07) is 11.4. The van der Waals surface area contributed by atoms with Gasteiger partial charge in [-0.25, -0.2) is 4.79 Å². The maximum atomic E-state index is 12.5. The molecule has 1 saturated carbocycles. The molecule has 0 spiro atoms. The van der Waals surface area contributed by atoms with Crippen molar-refractivity contribution in [3.63, 3.8) is 0 Å². The van der Waals surface area contributed by atoms with Crippen LogP contribution >= 0.6 is 0 Å². The van der Waals surface area contributed by atoms with Crippen LogP contribution in [0.2, 0.25) is 0 Å². The lowest BCUT2D eigenvalue weighted by molar-refractivity contribution is -0.152. The average molecular weight is 385 g/mol. The smallest absolute Gasteiger partial charge is 0.331 e. The van der Waals surface area contributed by atoms with Crippen LogP contribution in [0.4, 0.5) is 0 Å². The van der Waals surface area contributed by atoms with Crippen LogP contribution in [0.3, 0.4) is 0 Å². The quantitative estimate of drug-likeness (QED) is 0.732. The normalized spacial score (nSPS) is 15.6. The topological polar surface area (TPSA) is 77.8 Å². The van der Waals surface area contributed by atoms with Gasteiger partial charge in [-0.3, -0.25) is 4.79 Å². The number of ether oxygens (including phenoxy) is 2. The monoisotopic (exact) mass is 385 g/mol. The van der Waals surface area contributed by atoms with Gasteiger partial charge in [0.1, 0.15) is 22.8 Å². The van der Waals surface area contributed by atoms with Gasteiger partial charge in [0.2, 0.25) is 5.91 Å². The summed E-state index contributed by atoms with van der Waals surface area (Å²) in [5.74, 6) is 1.76. The highest BCUT2D eigenvalue weighted by Crippen LogP contribution is 2.30. The maximum absolute atomic E-state index is 12.5. The average Bonchev–Trinajstić information content (AvgIpc) is 3.21. The van der Waals surface area contributed by atoms with Crippen molar-refractivity contribution in [2.24, 2.45) is 0 Å². The van der Waals surface area contributed by atoms with E-state index in [1.807, 2.05) is 36.4 Å². The Morgan fingerprint density at radius 2 is 1.75 bits per heavy atom. The fraction of sp³-hybridized carbons (Fsp3) is 0.455. The third-order valence-electron chi connectivity index (χ3n) is 5.30. The molecule has 1 aliphatic rings. The van der Waals surface area contributed by atoms with E-state index in [0.29, 0.717) is 19.3 Å². The van der Waals surface area contributed by atoms with Crippen molar-refractivity contribution in [3.8, 4) is 17.1 Å². The second-order valence-corrected chi connectivity index (χ2v) is 7.18. The molecule has 1 aliphatic carbocycles. The van der Waals surface area contributed by atoms with Gasteiger partial charge < -0.3 is 19.2 Å². The van der Waals surface area contributed by atoms with Crippen LogP contribution < -0.4 is 10.1 Å². The van der Waals surface area contributed by atoms with Crippen molar-refractivity contribution < 1.29 is 23.5 Å². The van der Waals surface area contributed by atoms with E-state index in [4.69, 9.17) is 13.9 Å². The van der Waals surface area contributed by atoms with Crippen LogP contribution in [0.1, 0.15) is 44.3 Å². The lowest BCUT2D eigenvalue weighted by Crippen LogP contribution is -2.56. The van der Waals surface area contributed by atoms with E-state index in [1.165, 1.54) is 7.11 Å². The number of rotatable bonds is 7. The number of hydrogen-bond donors (Lipinski definition) is 1. The molecular weight excluding hydrogens is 358 g/mol. The number of carbonyl (C=O) groups is 2. The fourth-order valence-electron chi connectivity index (χ4n) is 3.72. The van der Waals surface area contributed by atoms with Crippen molar-refractivity contribution >= 4 is 11.9 Å². The van der Waals surface area contributed by atoms with E-state index < -0.39 is 5.54 Å². The van der Waals surface area contributed by atoms with Crippen LogP contribution in [0.15, 0.2) is 40.8 Å². The van der Waals surface area contributed by atoms with Gasteiger partial charge in [0, 0.05) is 18.4 Å². The molecule has 3 rings (SSSR count). The fourth-order valence-corrected chi connectivity index (χ4v) is 3.72. The predicted molar refractivity (Wildman–Crippen MR) is 105 cm³/mol. The molecule has 0 atom stereocenters. The number of methoxy groups -OCH3 is 2. The Balaban J connectivity index is 1.58. The van der Waals surface area contributed by atoms with E-state index in [-0.39, 0.29) is 18.3 Å². The Bertz CT molecular complexity index is 803. The van der Waals surface area contributed by atoms with Gasteiger partial charge in [-0.2, -0.15) is 0 Å². The molecular formula is C22H27NO5. The Morgan fingerprint density at radius 1 is 1.04 bits per heavy atom. The minimum atomic E-state index is -0.874. The number of furan rings is 1. The van der Waals surface area contributed by atoms with Crippen LogP contribution in [0, 0.1) is 0 Å². The van der Waals surface area contributed by atoms with Crippen molar-refractivity contribution in [1.82, 2.24) is 5.32 Å². The predicted octanol–water partition coefficient (Wildman–Crippen LogP) is 3.88. The van der Waals surface area contributed by atoms with E-state index in [0.717, 1.165) is 42.1 Å². The molecule has 1 heterocycles. The summed E-state index contributed by atoms with van der Waals surface area (Å²) in [5.41, 5.74) is 0.0740. The van der Waals surface area contributed by atoms with Gasteiger partial charge >= 0.3 is 5.97 Å². The van der Waals surface area contributed by atoms with Crippen LogP contribution in [0.5, 0.6) is 5.75 Å². The summed E-state index contributed by atoms with van der Waals surface area (Å²) < 4.78 is 16.0. The third kappa shape index (κ3) is 4.55. The Labute approximate surface area is 165 Å². The van der Waals surface area contributed by atoms with Gasteiger partial charge in [-0.1, -0.05) is 19.3 Å². The second-order valence-electron chi connectivity index (χ2n) is 7.18. The molecule has 1 aromatic carbocycles. The number of aryl methyl sites for hydroxylation is 1. The minimum absolute atomic E-state index is 0.158. The Kier molecular flexibility index (Phi) is 6.39. The van der Waals surface area contributed by atoms with Crippen molar-refractivity contribution in [2.45, 2.75) is 50.5 Å². The SMILES string of the molecule is COC(=O)C1(NC(=O)CCc2ccc(-c3ccc(OC)cc3)o2)CCCCC1. The molecule has 0 radical (unpaired) electrons. The number of hydrogen-bond acceptors (Lipinski definition) is 5. The van der Waals surface area contributed by atoms with Crippen molar-refractivity contribution in [2.75, 3.05) is 14.2 Å². The third-order valence-corrected chi connectivity index (χ3v) is 5.30. The zero-order valence-electron chi connectivity index (χ0n) is 16.5. The first-order valence-corrected chi connectivity index (χ1v) is 9.69. The second kappa shape index (κ2) is 8.95. The number of esters is 1. The lowest BCUT2D eigenvalue weighted by Gasteiger charge is -2.35. The molecule has 28 heavy (non-hydrogen) atoms.